The van der Waals surface area contributed by atoms with Crippen LogP contribution in [0.5, 0.6) is 0 Å². The van der Waals surface area contributed by atoms with Crippen LogP contribution in [0.3, 0.4) is 0 Å². The molecule has 0 N–H and O–H groups in total. The van der Waals surface area contributed by atoms with Crippen LogP contribution in [0.15, 0.2) is 84.1 Å². The van der Waals surface area contributed by atoms with Gasteiger partial charge >= 0.3 is 0 Å². The maximum absolute atomic E-state index is 13.7. The number of terminal acetylenes is 1. The highest BCUT2D eigenvalue weighted by molar-refractivity contribution is 6.08. The molecule has 1 saturated heterocycles. The third-order valence-corrected chi connectivity index (χ3v) is 7.82. The van der Waals surface area contributed by atoms with Gasteiger partial charge in [0, 0.05) is 34.5 Å². The van der Waals surface area contributed by atoms with E-state index < -0.39 is 11.8 Å². The molecular weight excluding hydrogens is 434 g/mol. The first kappa shape index (κ1) is 20.0. The van der Waals surface area contributed by atoms with Crippen LogP contribution in [0.2, 0.25) is 0 Å². The number of para-hydroxylation sites is 1. The van der Waals surface area contributed by atoms with Crippen LogP contribution in [0.1, 0.15) is 39.7 Å². The predicted molar refractivity (Wildman–Crippen MR) is 134 cm³/mol. The fraction of sp³-hybridized carbons (Fsp3) is 0.167. The fourth-order valence-corrected chi connectivity index (χ4v) is 6.50. The van der Waals surface area contributed by atoms with E-state index in [2.05, 4.69) is 35.3 Å². The zero-order valence-corrected chi connectivity index (χ0v) is 18.8. The van der Waals surface area contributed by atoms with E-state index in [1.165, 1.54) is 0 Å². The number of fused-ring (bicyclic) bond motifs is 1. The van der Waals surface area contributed by atoms with Crippen LogP contribution in [-0.4, -0.2) is 27.6 Å². The van der Waals surface area contributed by atoms with Crippen molar-refractivity contribution in [3.05, 3.63) is 107 Å². The molecule has 5 heteroatoms. The molecule has 2 bridgehead atoms. The molecule has 4 aliphatic rings. The van der Waals surface area contributed by atoms with Gasteiger partial charge in [-0.15, -0.1) is 6.42 Å². The summed E-state index contributed by atoms with van der Waals surface area (Å²) < 4.78 is 1.97. The van der Waals surface area contributed by atoms with E-state index in [4.69, 9.17) is 6.42 Å². The van der Waals surface area contributed by atoms with Gasteiger partial charge in [-0.25, -0.2) is 0 Å². The summed E-state index contributed by atoms with van der Waals surface area (Å²) in [7, 11) is 0. The molecule has 168 valence electrons. The average Bonchev–Trinajstić information content (AvgIpc) is 3.37. The molecule has 3 aliphatic carbocycles. The Bertz CT molecular complexity index is 1510. The standard InChI is InChI=1S/C30H21N3O2/c1-2-15-32-17-18(19-9-7-8-14-24(19)32)16-31-33-29(34)27-25-20-10-3-4-11-21(20)26(28(27)30(33)35)23-13-6-5-12-22(23)25/h1,3-14,16-17,25-28H,15H2/b31-16-/t25?,26?,27-,28-/m0/s1. The van der Waals surface area contributed by atoms with E-state index in [1.54, 1.807) is 6.21 Å². The van der Waals surface area contributed by atoms with Gasteiger partial charge in [0.15, 0.2) is 0 Å². The Morgan fingerprint density at radius 3 is 1.86 bits per heavy atom. The number of amides is 2. The third-order valence-electron chi connectivity index (χ3n) is 7.82. The van der Waals surface area contributed by atoms with Crippen LogP contribution in [0, 0.1) is 24.2 Å². The number of carbonyl (C=O) groups excluding carboxylic acids is 2. The lowest BCUT2D eigenvalue weighted by Gasteiger charge is -2.45. The quantitative estimate of drug-likeness (QED) is 0.260. The molecule has 4 aromatic rings. The molecule has 5 nitrogen and oxygen atoms in total. The number of benzene rings is 3. The molecule has 0 radical (unpaired) electrons. The Balaban J connectivity index is 1.31. The van der Waals surface area contributed by atoms with Crippen LogP contribution < -0.4 is 0 Å². The first-order chi connectivity index (χ1) is 17.2. The van der Waals surface area contributed by atoms with Crippen molar-refractivity contribution in [1.29, 1.82) is 0 Å². The summed E-state index contributed by atoms with van der Waals surface area (Å²) in [6, 6.07) is 24.4. The van der Waals surface area contributed by atoms with Crippen LogP contribution >= 0.6 is 0 Å². The van der Waals surface area contributed by atoms with Gasteiger partial charge < -0.3 is 4.57 Å². The molecule has 0 unspecified atom stereocenters. The van der Waals surface area contributed by atoms with Crippen molar-refractivity contribution in [2.45, 2.75) is 18.4 Å². The van der Waals surface area contributed by atoms with Crippen LogP contribution in [0.25, 0.3) is 10.9 Å². The number of nitrogens with zero attached hydrogens (tertiary/aromatic N) is 3. The zero-order chi connectivity index (χ0) is 23.7. The van der Waals surface area contributed by atoms with Gasteiger partial charge in [0.1, 0.15) is 0 Å². The number of carbonyl (C=O) groups is 2. The number of rotatable bonds is 3. The SMILES string of the molecule is C#CCn1cc(/C=N\N2C(=O)[C@H]3C4c5ccccc5C(c5ccccc54)[C@@H]3C2=O)c2ccccc21. The van der Waals surface area contributed by atoms with Crippen molar-refractivity contribution in [2.75, 3.05) is 0 Å². The minimum absolute atomic E-state index is 0.133. The normalized spacial score (nSPS) is 24.0. The van der Waals surface area contributed by atoms with E-state index in [0.717, 1.165) is 43.7 Å². The lowest BCUT2D eigenvalue weighted by atomic mass is 9.55. The lowest BCUT2D eigenvalue weighted by molar-refractivity contribution is -0.139. The zero-order valence-electron chi connectivity index (χ0n) is 18.8. The highest BCUT2D eigenvalue weighted by Crippen LogP contribution is 2.60. The lowest BCUT2D eigenvalue weighted by Crippen LogP contribution is -2.41. The Labute approximate surface area is 202 Å². The Morgan fingerprint density at radius 2 is 1.31 bits per heavy atom. The molecule has 1 aliphatic heterocycles. The van der Waals surface area contributed by atoms with Gasteiger partial charge in [-0.3, -0.25) is 9.59 Å². The van der Waals surface area contributed by atoms with Gasteiger partial charge in [-0.1, -0.05) is 72.7 Å². The van der Waals surface area contributed by atoms with Crippen molar-refractivity contribution in [3.8, 4) is 12.3 Å². The van der Waals surface area contributed by atoms with Gasteiger partial charge in [-0.2, -0.15) is 10.1 Å². The molecule has 8 rings (SSSR count). The second kappa shape index (κ2) is 7.28. The smallest absolute Gasteiger partial charge is 0.254 e. The molecule has 35 heavy (non-hydrogen) atoms. The minimum atomic E-state index is -0.433. The Hall–Kier alpha value is -4.43. The maximum Gasteiger partial charge on any atom is 0.254 e. The van der Waals surface area contributed by atoms with Gasteiger partial charge in [0.25, 0.3) is 11.8 Å². The van der Waals surface area contributed by atoms with Crippen molar-refractivity contribution in [3.63, 3.8) is 0 Å². The van der Waals surface area contributed by atoms with E-state index in [-0.39, 0.29) is 23.7 Å². The molecular formula is C30H21N3O2. The number of aromatic nitrogens is 1. The van der Waals surface area contributed by atoms with Gasteiger partial charge in [-0.05, 0) is 28.3 Å². The largest absolute Gasteiger partial charge is 0.335 e. The van der Waals surface area contributed by atoms with Gasteiger partial charge in [0.2, 0.25) is 0 Å². The summed E-state index contributed by atoms with van der Waals surface area (Å²) in [4.78, 5) is 27.4. The molecule has 3 aromatic carbocycles. The molecule has 0 saturated carbocycles. The average molecular weight is 456 g/mol. The van der Waals surface area contributed by atoms with Crippen LogP contribution in [-0.2, 0) is 16.1 Å². The second-order valence-corrected chi connectivity index (χ2v) is 9.43. The predicted octanol–water partition coefficient (Wildman–Crippen LogP) is 4.50. The summed E-state index contributed by atoms with van der Waals surface area (Å²) in [5.74, 6) is 1.10. The van der Waals surface area contributed by atoms with Crippen LogP contribution in [0.4, 0.5) is 0 Å². The number of hydrazone groups is 1. The Morgan fingerprint density at radius 1 is 0.800 bits per heavy atom. The second-order valence-electron chi connectivity index (χ2n) is 9.43. The van der Waals surface area contributed by atoms with E-state index in [1.807, 2.05) is 59.3 Å². The van der Waals surface area contributed by atoms with Crippen molar-refractivity contribution < 1.29 is 9.59 Å². The molecule has 1 fully saturated rings. The number of imide groups is 1. The molecule has 1 aromatic heterocycles. The highest BCUT2D eigenvalue weighted by atomic mass is 16.2. The number of hydrogen-bond donors (Lipinski definition) is 0. The molecule has 0 spiro atoms. The summed E-state index contributed by atoms with van der Waals surface area (Å²) in [6.07, 6.45) is 9.07. The van der Waals surface area contributed by atoms with Crippen molar-refractivity contribution in [1.82, 2.24) is 9.58 Å². The first-order valence-electron chi connectivity index (χ1n) is 11.8. The summed E-state index contributed by atoms with van der Waals surface area (Å²) in [6.45, 7) is 0.431. The third kappa shape index (κ3) is 2.62. The van der Waals surface area contributed by atoms with Crippen molar-refractivity contribution in [2.24, 2.45) is 16.9 Å². The maximum atomic E-state index is 13.7. The summed E-state index contributed by atoms with van der Waals surface area (Å²) >= 11 is 0. The topological polar surface area (TPSA) is 54.7 Å². The van der Waals surface area contributed by atoms with Crippen molar-refractivity contribution >= 4 is 28.9 Å². The minimum Gasteiger partial charge on any atom is -0.335 e. The van der Waals surface area contributed by atoms with E-state index in [0.29, 0.717) is 6.54 Å². The number of hydrogen-bond acceptors (Lipinski definition) is 3. The molecule has 2 heterocycles. The highest BCUT2D eigenvalue weighted by Gasteiger charge is 2.61. The fourth-order valence-electron chi connectivity index (χ4n) is 6.50. The summed E-state index contributed by atoms with van der Waals surface area (Å²) in [5, 5.41) is 6.56. The Kier molecular flexibility index (Phi) is 4.16. The van der Waals surface area contributed by atoms with E-state index in [9.17, 15) is 9.59 Å². The van der Waals surface area contributed by atoms with Gasteiger partial charge in [0.05, 0.1) is 24.6 Å². The summed E-state index contributed by atoms with van der Waals surface area (Å²) in [5.41, 5.74) is 6.43. The molecule has 2 atom stereocenters. The molecule has 2 amide bonds. The monoisotopic (exact) mass is 455 g/mol. The van der Waals surface area contributed by atoms with E-state index >= 15 is 0 Å². The first-order valence-corrected chi connectivity index (χ1v) is 11.8.